The molecular formula is C18H23N3O2. The largest absolute Gasteiger partial charge is 0.481 e. The first kappa shape index (κ1) is 16.9. The quantitative estimate of drug-likeness (QED) is 0.855. The van der Waals surface area contributed by atoms with Gasteiger partial charge < -0.3 is 10.4 Å². The van der Waals surface area contributed by atoms with Crippen molar-refractivity contribution in [2.75, 3.05) is 5.32 Å². The first-order valence-electron chi connectivity index (χ1n) is 7.70. The molecule has 1 aromatic heterocycles. The van der Waals surface area contributed by atoms with Gasteiger partial charge in [-0.3, -0.25) is 4.79 Å². The number of benzene rings is 1. The van der Waals surface area contributed by atoms with E-state index in [0.717, 1.165) is 22.6 Å². The number of rotatable bonds is 6. The molecular weight excluding hydrogens is 290 g/mol. The average molecular weight is 313 g/mol. The van der Waals surface area contributed by atoms with Gasteiger partial charge in [0.1, 0.15) is 5.82 Å². The smallest absolute Gasteiger partial charge is 0.303 e. The zero-order valence-electron chi connectivity index (χ0n) is 13.8. The Labute approximate surface area is 136 Å². The molecule has 23 heavy (non-hydrogen) atoms. The zero-order valence-corrected chi connectivity index (χ0v) is 13.8. The Kier molecular flexibility index (Phi) is 5.32. The molecule has 0 amide bonds. The minimum Gasteiger partial charge on any atom is -0.481 e. The lowest BCUT2D eigenvalue weighted by Gasteiger charge is -2.16. The third-order valence-electron chi connectivity index (χ3n) is 3.43. The number of nitrogens with one attached hydrogen (secondary N) is 1. The summed E-state index contributed by atoms with van der Waals surface area (Å²) in [6.45, 7) is 6.89. The topological polar surface area (TPSA) is 75.1 Å². The molecule has 0 aliphatic carbocycles. The molecule has 0 fully saturated rings. The van der Waals surface area contributed by atoms with E-state index < -0.39 is 5.97 Å². The molecule has 1 aromatic carbocycles. The Morgan fingerprint density at radius 1 is 1.17 bits per heavy atom. The molecule has 0 bridgehead atoms. The molecule has 0 radical (unpaired) electrons. The first-order valence-corrected chi connectivity index (χ1v) is 7.70. The molecule has 0 aliphatic rings. The number of aromatic nitrogens is 2. The first-order chi connectivity index (χ1) is 10.8. The van der Waals surface area contributed by atoms with Crippen LogP contribution in [-0.4, -0.2) is 21.0 Å². The molecule has 2 rings (SSSR count). The van der Waals surface area contributed by atoms with Crippen molar-refractivity contribution < 1.29 is 9.90 Å². The Balaban J connectivity index is 1.95. The summed E-state index contributed by atoms with van der Waals surface area (Å²) in [5.41, 5.74) is 2.93. The normalized spacial score (nSPS) is 11.3. The van der Waals surface area contributed by atoms with Gasteiger partial charge in [0, 0.05) is 42.0 Å². The highest BCUT2D eigenvalue weighted by Crippen LogP contribution is 2.18. The van der Waals surface area contributed by atoms with Crippen molar-refractivity contribution in [3.8, 4) is 0 Å². The number of carbonyl (C=O) groups is 1. The predicted molar refractivity (Wildman–Crippen MR) is 90.5 cm³/mol. The summed E-state index contributed by atoms with van der Waals surface area (Å²) < 4.78 is 0. The summed E-state index contributed by atoms with van der Waals surface area (Å²) >= 11 is 0. The zero-order chi connectivity index (χ0) is 16.9. The van der Waals surface area contributed by atoms with E-state index >= 15 is 0 Å². The van der Waals surface area contributed by atoms with E-state index in [4.69, 9.17) is 5.11 Å². The predicted octanol–water partition coefficient (Wildman–Crippen LogP) is 3.40. The van der Waals surface area contributed by atoms with Gasteiger partial charge >= 0.3 is 5.97 Å². The van der Waals surface area contributed by atoms with Crippen LogP contribution in [0.25, 0.3) is 0 Å². The Morgan fingerprint density at radius 2 is 1.87 bits per heavy atom. The summed E-state index contributed by atoms with van der Waals surface area (Å²) in [5, 5.41) is 12.1. The van der Waals surface area contributed by atoms with E-state index in [1.165, 1.54) is 0 Å². The van der Waals surface area contributed by atoms with Gasteiger partial charge in [0.15, 0.2) is 0 Å². The highest BCUT2D eigenvalue weighted by molar-refractivity contribution is 5.67. The van der Waals surface area contributed by atoms with Crippen molar-refractivity contribution in [1.82, 2.24) is 9.97 Å². The highest BCUT2D eigenvalue weighted by atomic mass is 16.4. The van der Waals surface area contributed by atoms with Crippen LogP contribution in [0.15, 0.2) is 36.7 Å². The molecule has 0 unspecified atom stereocenters. The number of hydrogen-bond acceptors (Lipinski definition) is 4. The monoisotopic (exact) mass is 313 g/mol. The molecule has 2 aromatic rings. The SMILES string of the molecule is CC(C)(C)c1ncc(CNc2cccc(CCC(=O)O)c2)cn1. The molecule has 122 valence electrons. The van der Waals surface area contributed by atoms with Gasteiger partial charge in [-0.2, -0.15) is 0 Å². The van der Waals surface area contributed by atoms with Crippen molar-refractivity contribution in [2.24, 2.45) is 0 Å². The van der Waals surface area contributed by atoms with Crippen molar-refractivity contribution in [2.45, 2.75) is 45.6 Å². The van der Waals surface area contributed by atoms with Crippen LogP contribution in [0.2, 0.25) is 0 Å². The highest BCUT2D eigenvalue weighted by Gasteiger charge is 2.16. The van der Waals surface area contributed by atoms with Crippen LogP contribution in [0.3, 0.4) is 0 Å². The maximum atomic E-state index is 10.6. The average Bonchev–Trinajstić information content (AvgIpc) is 2.51. The molecule has 0 atom stereocenters. The Morgan fingerprint density at radius 3 is 2.48 bits per heavy atom. The standard InChI is InChI=1S/C18H23N3O2/c1-18(2,3)17-20-11-14(12-21-17)10-19-15-6-4-5-13(9-15)7-8-16(22)23/h4-6,9,11-12,19H,7-8,10H2,1-3H3,(H,22,23). The van der Waals surface area contributed by atoms with Gasteiger partial charge in [0.05, 0.1) is 0 Å². The summed E-state index contributed by atoms with van der Waals surface area (Å²) in [4.78, 5) is 19.5. The molecule has 0 aliphatic heterocycles. The Bertz CT molecular complexity index is 661. The van der Waals surface area contributed by atoms with Gasteiger partial charge in [-0.05, 0) is 24.1 Å². The van der Waals surface area contributed by atoms with Gasteiger partial charge in [-0.25, -0.2) is 9.97 Å². The van der Waals surface area contributed by atoms with E-state index in [9.17, 15) is 4.79 Å². The van der Waals surface area contributed by atoms with Crippen LogP contribution in [-0.2, 0) is 23.2 Å². The number of anilines is 1. The van der Waals surface area contributed by atoms with Crippen LogP contribution in [0.5, 0.6) is 0 Å². The van der Waals surface area contributed by atoms with Crippen molar-refractivity contribution in [3.63, 3.8) is 0 Å². The molecule has 1 heterocycles. The fraction of sp³-hybridized carbons (Fsp3) is 0.389. The fourth-order valence-electron chi connectivity index (χ4n) is 2.13. The molecule has 2 N–H and O–H groups in total. The second-order valence-electron chi connectivity index (χ2n) is 6.61. The lowest BCUT2D eigenvalue weighted by Crippen LogP contribution is -2.16. The Hall–Kier alpha value is -2.43. The number of nitrogens with zero attached hydrogens (tertiary/aromatic N) is 2. The molecule has 0 saturated carbocycles. The van der Waals surface area contributed by atoms with Crippen LogP contribution in [0, 0.1) is 0 Å². The van der Waals surface area contributed by atoms with E-state index in [0.29, 0.717) is 13.0 Å². The van der Waals surface area contributed by atoms with Crippen LogP contribution in [0.1, 0.15) is 44.1 Å². The third kappa shape index (κ3) is 5.36. The number of carboxylic acids is 1. The van der Waals surface area contributed by atoms with E-state index in [1.54, 1.807) is 0 Å². The van der Waals surface area contributed by atoms with Gasteiger partial charge in [0.2, 0.25) is 0 Å². The maximum absolute atomic E-state index is 10.6. The van der Waals surface area contributed by atoms with Crippen LogP contribution < -0.4 is 5.32 Å². The summed E-state index contributed by atoms with van der Waals surface area (Å²) in [6, 6.07) is 7.82. The van der Waals surface area contributed by atoms with Crippen LogP contribution in [0.4, 0.5) is 5.69 Å². The molecule has 5 heteroatoms. The molecule has 0 spiro atoms. The number of aliphatic carboxylic acids is 1. The third-order valence-corrected chi connectivity index (χ3v) is 3.43. The number of hydrogen-bond donors (Lipinski definition) is 2. The van der Waals surface area contributed by atoms with E-state index in [2.05, 4.69) is 36.1 Å². The molecule has 5 nitrogen and oxygen atoms in total. The maximum Gasteiger partial charge on any atom is 0.303 e. The number of carboxylic acid groups (broad SMARTS) is 1. The van der Waals surface area contributed by atoms with E-state index in [1.807, 2.05) is 36.7 Å². The second kappa shape index (κ2) is 7.22. The summed E-state index contributed by atoms with van der Waals surface area (Å²) in [5.74, 6) is 0.0522. The fourth-order valence-corrected chi connectivity index (χ4v) is 2.13. The van der Waals surface area contributed by atoms with Crippen molar-refractivity contribution in [1.29, 1.82) is 0 Å². The molecule has 0 saturated heterocycles. The lowest BCUT2D eigenvalue weighted by molar-refractivity contribution is -0.136. The van der Waals surface area contributed by atoms with Crippen molar-refractivity contribution >= 4 is 11.7 Å². The second-order valence-corrected chi connectivity index (χ2v) is 6.61. The van der Waals surface area contributed by atoms with E-state index in [-0.39, 0.29) is 11.8 Å². The minimum absolute atomic E-state index is 0.0512. The summed E-state index contributed by atoms with van der Waals surface area (Å²) in [6.07, 6.45) is 4.36. The minimum atomic E-state index is -0.778. The summed E-state index contributed by atoms with van der Waals surface area (Å²) in [7, 11) is 0. The lowest BCUT2D eigenvalue weighted by atomic mass is 9.96. The number of aryl methyl sites for hydroxylation is 1. The van der Waals surface area contributed by atoms with Gasteiger partial charge in [-0.15, -0.1) is 0 Å². The van der Waals surface area contributed by atoms with Gasteiger partial charge in [-0.1, -0.05) is 32.9 Å². The van der Waals surface area contributed by atoms with Gasteiger partial charge in [0.25, 0.3) is 0 Å². The van der Waals surface area contributed by atoms with Crippen molar-refractivity contribution in [3.05, 3.63) is 53.6 Å². The van der Waals surface area contributed by atoms with Crippen LogP contribution >= 0.6 is 0 Å².